The normalized spacial score (nSPS) is 16.3. The molecule has 124 valence electrons. The van der Waals surface area contributed by atoms with Gasteiger partial charge in [0, 0.05) is 24.5 Å². The number of amides is 1. The predicted molar refractivity (Wildman–Crippen MR) is 99.3 cm³/mol. The van der Waals surface area contributed by atoms with E-state index >= 15 is 0 Å². The Morgan fingerprint density at radius 1 is 1.19 bits per heavy atom. The number of rotatable bonds is 5. The highest BCUT2D eigenvalue weighted by molar-refractivity contribution is 14.0. The summed E-state index contributed by atoms with van der Waals surface area (Å²) in [6.07, 6.45) is 5.06. The SMILES string of the molecule is CCNC(=NCCNC(=O)C(C)(C)C)NC1CCCC1.I. The summed E-state index contributed by atoms with van der Waals surface area (Å²) in [5.41, 5.74) is -0.337. The van der Waals surface area contributed by atoms with Crippen molar-refractivity contribution in [3.8, 4) is 0 Å². The molecule has 5 nitrogen and oxygen atoms in total. The minimum absolute atomic E-state index is 0. The third-order valence-electron chi connectivity index (χ3n) is 3.39. The predicted octanol–water partition coefficient (Wildman–Crippen LogP) is 2.26. The standard InChI is InChI=1S/C15H30N4O.HI/c1-5-16-14(19-12-8-6-7-9-12)18-11-10-17-13(20)15(2,3)4;/h12H,5-11H2,1-4H3,(H,17,20)(H2,16,18,19);1H. The third kappa shape index (κ3) is 8.48. The summed E-state index contributed by atoms with van der Waals surface area (Å²) < 4.78 is 0. The van der Waals surface area contributed by atoms with Gasteiger partial charge in [-0.15, -0.1) is 24.0 Å². The molecule has 0 aliphatic heterocycles. The van der Waals surface area contributed by atoms with Crippen molar-refractivity contribution in [1.29, 1.82) is 0 Å². The van der Waals surface area contributed by atoms with Gasteiger partial charge in [0.2, 0.25) is 5.91 Å². The first-order valence-electron chi connectivity index (χ1n) is 7.76. The fourth-order valence-corrected chi connectivity index (χ4v) is 2.19. The average Bonchev–Trinajstić information content (AvgIpc) is 2.86. The van der Waals surface area contributed by atoms with Crippen molar-refractivity contribution in [3.05, 3.63) is 0 Å². The molecule has 0 aromatic carbocycles. The first-order valence-corrected chi connectivity index (χ1v) is 7.76. The van der Waals surface area contributed by atoms with E-state index in [1.165, 1.54) is 25.7 Å². The molecule has 0 heterocycles. The summed E-state index contributed by atoms with van der Waals surface area (Å²) in [6, 6.07) is 0.553. The maximum atomic E-state index is 11.7. The highest BCUT2D eigenvalue weighted by Crippen LogP contribution is 2.17. The summed E-state index contributed by atoms with van der Waals surface area (Å²) in [6.45, 7) is 9.84. The molecular formula is C15H31IN4O. The van der Waals surface area contributed by atoms with Gasteiger partial charge < -0.3 is 16.0 Å². The molecule has 0 spiro atoms. The lowest BCUT2D eigenvalue weighted by molar-refractivity contribution is -0.128. The van der Waals surface area contributed by atoms with Gasteiger partial charge >= 0.3 is 0 Å². The van der Waals surface area contributed by atoms with Crippen LogP contribution >= 0.6 is 24.0 Å². The van der Waals surface area contributed by atoms with Crippen LogP contribution in [-0.2, 0) is 4.79 Å². The molecule has 1 fully saturated rings. The van der Waals surface area contributed by atoms with Crippen molar-refractivity contribution in [2.45, 2.75) is 59.4 Å². The number of nitrogens with zero attached hydrogens (tertiary/aromatic N) is 1. The van der Waals surface area contributed by atoms with E-state index in [9.17, 15) is 4.79 Å². The Morgan fingerprint density at radius 2 is 1.81 bits per heavy atom. The molecule has 1 rings (SSSR count). The first-order chi connectivity index (χ1) is 9.43. The van der Waals surface area contributed by atoms with Crippen LogP contribution in [0.3, 0.4) is 0 Å². The number of aliphatic imine (C=N–C) groups is 1. The Kier molecular flexibility index (Phi) is 9.98. The number of carbonyl (C=O) groups excluding carboxylic acids is 1. The molecule has 0 unspecified atom stereocenters. The van der Waals surface area contributed by atoms with Crippen LogP contribution in [0, 0.1) is 5.41 Å². The van der Waals surface area contributed by atoms with Crippen LogP contribution in [0.1, 0.15) is 53.4 Å². The second-order valence-corrected chi connectivity index (χ2v) is 6.39. The van der Waals surface area contributed by atoms with E-state index in [0.717, 1.165) is 12.5 Å². The zero-order valence-electron chi connectivity index (χ0n) is 13.8. The van der Waals surface area contributed by atoms with Crippen molar-refractivity contribution in [1.82, 2.24) is 16.0 Å². The van der Waals surface area contributed by atoms with Crippen molar-refractivity contribution in [2.24, 2.45) is 10.4 Å². The van der Waals surface area contributed by atoms with Gasteiger partial charge in [-0.2, -0.15) is 0 Å². The fraction of sp³-hybridized carbons (Fsp3) is 0.867. The van der Waals surface area contributed by atoms with Crippen LogP contribution < -0.4 is 16.0 Å². The summed E-state index contributed by atoms with van der Waals surface area (Å²) in [5.74, 6) is 0.936. The van der Waals surface area contributed by atoms with Crippen LogP contribution in [0.4, 0.5) is 0 Å². The maximum absolute atomic E-state index is 11.7. The number of carbonyl (C=O) groups is 1. The van der Waals surface area contributed by atoms with Crippen molar-refractivity contribution >= 4 is 35.8 Å². The largest absolute Gasteiger partial charge is 0.357 e. The number of hydrogen-bond donors (Lipinski definition) is 3. The minimum Gasteiger partial charge on any atom is -0.357 e. The van der Waals surface area contributed by atoms with Gasteiger partial charge in [0.15, 0.2) is 5.96 Å². The Labute approximate surface area is 146 Å². The van der Waals surface area contributed by atoms with Gasteiger partial charge in [-0.1, -0.05) is 33.6 Å². The Hall–Kier alpha value is -0.530. The molecule has 0 radical (unpaired) electrons. The molecule has 3 N–H and O–H groups in total. The smallest absolute Gasteiger partial charge is 0.225 e. The Balaban J connectivity index is 0.00000400. The highest BCUT2D eigenvalue weighted by atomic mass is 127. The molecule has 0 aromatic rings. The zero-order chi connectivity index (χ0) is 15.0. The first kappa shape index (κ1) is 20.5. The molecule has 1 saturated carbocycles. The molecule has 6 heteroatoms. The zero-order valence-corrected chi connectivity index (χ0v) is 16.1. The van der Waals surface area contributed by atoms with E-state index in [1.54, 1.807) is 0 Å². The number of halogens is 1. The lowest BCUT2D eigenvalue weighted by Gasteiger charge is -2.18. The molecular weight excluding hydrogens is 379 g/mol. The summed E-state index contributed by atoms with van der Waals surface area (Å²) >= 11 is 0. The molecule has 1 amide bonds. The van der Waals surface area contributed by atoms with Crippen molar-refractivity contribution in [3.63, 3.8) is 0 Å². The summed E-state index contributed by atoms with van der Waals surface area (Å²) in [5, 5.41) is 9.63. The number of guanidine groups is 1. The molecule has 1 aliphatic rings. The molecule has 0 saturated heterocycles. The van der Waals surface area contributed by atoms with E-state index < -0.39 is 0 Å². The minimum atomic E-state index is -0.337. The molecule has 0 bridgehead atoms. The van der Waals surface area contributed by atoms with E-state index in [0.29, 0.717) is 19.1 Å². The van der Waals surface area contributed by atoms with Crippen LogP contribution in [0.2, 0.25) is 0 Å². The van der Waals surface area contributed by atoms with E-state index in [1.807, 2.05) is 20.8 Å². The Morgan fingerprint density at radius 3 is 2.33 bits per heavy atom. The van der Waals surface area contributed by atoms with Gasteiger partial charge in [-0.3, -0.25) is 9.79 Å². The fourth-order valence-electron chi connectivity index (χ4n) is 2.19. The van der Waals surface area contributed by atoms with E-state index in [4.69, 9.17) is 0 Å². The number of nitrogens with one attached hydrogen (secondary N) is 3. The Bertz CT molecular complexity index is 333. The van der Waals surface area contributed by atoms with Crippen LogP contribution in [0.25, 0.3) is 0 Å². The van der Waals surface area contributed by atoms with Gasteiger partial charge in [-0.05, 0) is 19.8 Å². The van der Waals surface area contributed by atoms with Gasteiger partial charge in [-0.25, -0.2) is 0 Å². The van der Waals surface area contributed by atoms with Crippen LogP contribution in [0.15, 0.2) is 4.99 Å². The maximum Gasteiger partial charge on any atom is 0.225 e. The van der Waals surface area contributed by atoms with Crippen molar-refractivity contribution < 1.29 is 4.79 Å². The topological polar surface area (TPSA) is 65.5 Å². The highest BCUT2D eigenvalue weighted by Gasteiger charge is 2.20. The monoisotopic (exact) mass is 410 g/mol. The third-order valence-corrected chi connectivity index (χ3v) is 3.39. The lowest BCUT2D eigenvalue weighted by Crippen LogP contribution is -2.43. The van der Waals surface area contributed by atoms with Crippen LogP contribution in [-0.4, -0.2) is 37.5 Å². The lowest BCUT2D eigenvalue weighted by atomic mass is 9.96. The van der Waals surface area contributed by atoms with Crippen molar-refractivity contribution in [2.75, 3.05) is 19.6 Å². The quantitative estimate of drug-likeness (QED) is 0.282. The molecule has 21 heavy (non-hydrogen) atoms. The molecule has 0 atom stereocenters. The average molecular weight is 410 g/mol. The summed E-state index contributed by atoms with van der Waals surface area (Å²) in [4.78, 5) is 16.2. The second-order valence-electron chi connectivity index (χ2n) is 6.39. The van der Waals surface area contributed by atoms with E-state index in [2.05, 4.69) is 27.9 Å². The van der Waals surface area contributed by atoms with Gasteiger partial charge in [0.25, 0.3) is 0 Å². The van der Waals surface area contributed by atoms with Gasteiger partial charge in [0.1, 0.15) is 0 Å². The van der Waals surface area contributed by atoms with Gasteiger partial charge in [0.05, 0.1) is 6.54 Å². The summed E-state index contributed by atoms with van der Waals surface area (Å²) in [7, 11) is 0. The number of hydrogen-bond acceptors (Lipinski definition) is 2. The molecule has 0 aromatic heterocycles. The second kappa shape index (κ2) is 10.2. The molecule has 1 aliphatic carbocycles. The van der Waals surface area contributed by atoms with Crippen LogP contribution in [0.5, 0.6) is 0 Å². The van der Waals surface area contributed by atoms with E-state index in [-0.39, 0.29) is 35.3 Å².